The second-order valence-electron chi connectivity index (χ2n) is 4.74. The molecule has 1 N–H and O–H groups in total. The molecule has 6 heteroatoms. The van der Waals surface area contributed by atoms with Gasteiger partial charge in [-0.1, -0.05) is 0 Å². The van der Waals surface area contributed by atoms with Gasteiger partial charge in [0.15, 0.2) is 0 Å². The Labute approximate surface area is 108 Å². The molecule has 0 radical (unpaired) electrons. The number of hydrogen-bond acceptors (Lipinski definition) is 3. The number of aromatic carboxylic acids is 1. The molecule has 0 amide bonds. The maximum Gasteiger partial charge on any atom is 0.336 e. The third-order valence-corrected chi connectivity index (χ3v) is 4.16. The van der Waals surface area contributed by atoms with E-state index < -0.39 is 11.9 Å². The van der Waals surface area contributed by atoms with Crippen molar-refractivity contribution in [1.29, 1.82) is 0 Å². The van der Waals surface area contributed by atoms with Gasteiger partial charge in [0.1, 0.15) is 0 Å². The summed E-state index contributed by atoms with van der Waals surface area (Å²) in [4.78, 5) is 13.6. The van der Waals surface area contributed by atoms with Crippen molar-refractivity contribution in [1.82, 2.24) is 4.90 Å². The molecule has 1 saturated heterocycles. The number of nitrogens with zero attached hydrogens (tertiary/aromatic N) is 1. The number of halogens is 2. The van der Waals surface area contributed by atoms with E-state index >= 15 is 0 Å². The number of hydrogen-bond donors (Lipinski definition) is 1. The van der Waals surface area contributed by atoms with Crippen LogP contribution in [0.5, 0.6) is 0 Å². The topological polar surface area (TPSA) is 40.5 Å². The fourth-order valence-corrected chi connectivity index (χ4v) is 3.08. The van der Waals surface area contributed by atoms with E-state index in [0.29, 0.717) is 13.1 Å². The van der Waals surface area contributed by atoms with Crippen molar-refractivity contribution in [3.63, 3.8) is 0 Å². The van der Waals surface area contributed by atoms with E-state index in [-0.39, 0.29) is 24.4 Å². The quantitative estimate of drug-likeness (QED) is 0.921. The number of thiophene rings is 1. The second kappa shape index (κ2) is 4.93. The maximum absolute atomic E-state index is 13.2. The zero-order chi connectivity index (χ0) is 13.3. The molecule has 0 spiro atoms. The summed E-state index contributed by atoms with van der Waals surface area (Å²) >= 11 is 1.36. The largest absolute Gasteiger partial charge is 0.478 e. The van der Waals surface area contributed by atoms with Crippen molar-refractivity contribution < 1.29 is 18.7 Å². The van der Waals surface area contributed by atoms with Crippen LogP contribution in [0.2, 0.25) is 0 Å². The molecule has 100 valence electrons. The van der Waals surface area contributed by atoms with Crippen LogP contribution in [0.4, 0.5) is 8.78 Å². The Kier molecular flexibility index (Phi) is 3.68. The number of rotatable bonds is 3. The van der Waals surface area contributed by atoms with Gasteiger partial charge < -0.3 is 5.11 Å². The molecule has 1 aromatic rings. The number of carboxylic acids is 1. The monoisotopic (exact) mass is 275 g/mol. The Hall–Kier alpha value is -1.01. The molecule has 18 heavy (non-hydrogen) atoms. The molecular weight excluding hydrogens is 260 g/mol. The molecule has 1 aliphatic heterocycles. The first-order chi connectivity index (χ1) is 8.37. The smallest absolute Gasteiger partial charge is 0.336 e. The van der Waals surface area contributed by atoms with Gasteiger partial charge in [0.05, 0.1) is 5.56 Å². The molecule has 1 aromatic heterocycles. The van der Waals surface area contributed by atoms with Gasteiger partial charge >= 0.3 is 5.97 Å². The van der Waals surface area contributed by atoms with Crippen molar-refractivity contribution in [3.05, 3.63) is 21.9 Å². The number of carbonyl (C=O) groups is 1. The summed E-state index contributed by atoms with van der Waals surface area (Å²) in [5.41, 5.74) is 0.269. The van der Waals surface area contributed by atoms with Gasteiger partial charge in [-0.25, -0.2) is 13.6 Å². The van der Waals surface area contributed by atoms with E-state index in [1.54, 1.807) is 18.4 Å². The average Bonchev–Trinajstić information content (AvgIpc) is 2.70. The maximum atomic E-state index is 13.2. The standard InChI is InChI=1S/C12H15F2NO2S/c1-8-5-12(13,14)2-3-15(8)6-10-4-9(7-18-10)11(16)17/h4,7-8H,2-3,5-6H2,1H3,(H,16,17). The van der Waals surface area contributed by atoms with Crippen LogP contribution in [0.3, 0.4) is 0 Å². The van der Waals surface area contributed by atoms with E-state index in [2.05, 4.69) is 0 Å². The van der Waals surface area contributed by atoms with Crippen LogP contribution in [0.15, 0.2) is 11.4 Å². The van der Waals surface area contributed by atoms with Crippen LogP contribution in [-0.4, -0.2) is 34.5 Å². The Balaban J connectivity index is 1.99. The molecule has 2 heterocycles. The molecule has 1 aliphatic rings. The third kappa shape index (κ3) is 3.05. The Morgan fingerprint density at radius 1 is 1.67 bits per heavy atom. The zero-order valence-electron chi connectivity index (χ0n) is 10.0. The molecule has 0 aliphatic carbocycles. The van der Waals surface area contributed by atoms with E-state index in [1.165, 1.54) is 11.3 Å². The first-order valence-electron chi connectivity index (χ1n) is 5.80. The van der Waals surface area contributed by atoms with Crippen molar-refractivity contribution >= 4 is 17.3 Å². The Bertz CT molecular complexity index is 447. The van der Waals surface area contributed by atoms with Crippen molar-refractivity contribution in [3.8, 4) is 0 Å². The first kappa shape index (κ1) is 13.4. The molecule has 0 aromatic carbocycles. The normalized spacial score (nSPS) is 24.1. The van der Waals surface area contributed by atoms with Gasteiger partial charge in [0.2, 0.25) is 0 Å². The van der Waals surface area contributed by atoms with Crippen LogP contribution in [0, 0.1) is 0 Å². The van der Waals surface area contributed by atoms with E-state index in [9.17, 15) is 13.6 Å². The lowest BCUT2D eigenvalue weighted by Gasteiger charge is -2.37. The minimum absolute atomic E-state index is 0.117. The van der Waals surface area contributed by atoms with Gasteiger partial charge in [-0.15, -0.1) is 11.3 Å². The van der Waals surface area contributed by atoms with E-state index in [1.807, 2.05) is 4.90 Å². The summed E-state index contributed by atoms with van der Waals surface area (Å²) in [6.45, 7) is 2.70. The number of piperidine rings is 1. The highest BCUT2D eigenvalue weighted by atomic mass is 32.1. The van der Waals surface area contributed by atoms with Crippen molar-refractivity contribution in [2.75, 3.05) is 6.54 Å². The van der Waals surface area contributed by atoms with Gasteiger partial charge in [-0.2, -0.15) is 0 Å². The predicted molar refractivity (Wildman–Crippen MR) is 65.3 cm³/mol. The number of carboxylic acid groups (broad SMARTS) is 1. The highest BCUT2D eigenvalue weighted by Gasteiger charge is 2.38. The number of likely N-dealkylation sites (tertiary alicyclic amines) is 1. The predicted octanol–water partition coefficient (Wildman–Crippen LogP) is 3.07. The fourth-order valence-electron chi connectivity index (χ4n) is 2.20. The molecule has 1 unspecified atom stereocenters. The molecule has 1 atom stereocenters. The SMILES string of the molecule is CC1CC(F)(F)CCN1Cc1cc(C(=O)O)cs1. The summed E-state index contributed by atoms with van der Waals surface area (Å²) in [5, 5.41) is 10.4. The van der Waals surface area contributed by atoms with Gasteiger partial charge in [-0.05, 0) is 13.0 Å². The summed E-state index contributed by atoms with van der Waals surface area (Å²) in [6, 6.07) is 1.44. The van der Waals surface area contributed by atoms with Gasteiger partial charge in [0.25, 0.3) is 5.92 Å². The van der Waals surface area contributed by atoms with Gasteiger partial charge in [0, 0.05) is 42.2 Å². The molecule has 1 fully saturated rings. The van der Waals surface area contributed by atoms with Crippen molar-refractivity contribution in [2.24, 2.45) is 0 Å². The Morgan fingerprint density at radius 3 is 2.94 bits per heavy atom. The molecular formula is C12H15F2NO2S. The van der Waals surface area contributed by atoms with Crippen LogP contribution in [-0.2, 0) is 6.54 Å². The summed E-state index contributed by atoms with van der Waals surface area (Å²) in [6.07, 6.45) is -0.237. The minimum Gasteiger partial charge on any atom is -0.478 e. The molecule has 0 bridgehead atoms. The van der Waals surface area contributed by atoms with Crippen molar-refractivity contribution in [2.45, 2.75) is 38.3 Å². The minimum atomic E-state index is -2.56. The molecule has 2 rings (SSSR count). The van der Waals surface area contributed by atoms with Crippen LogP contribution < -0.4 is 0 Å². The number of alkyl halides is 2. The van der Waals surface area contributed by atoms with Crippen LogP contribution >= 0.6 is 11.3 Å². The lowest BCUT2D eigenvalue weighted by molar-refractivity contribution is -0.0763. The third-order valence-electron chi connectivity index (χ3n) is 3.24. The summed E-state index contributed by atoms with van der Waals surface area (Å²) < 4.78 is 26.4. The van der Waals surface area contributed by atoms with Gasteiger partial charge in [-0.3, -0.25) is 4.90 Å². The van der Waals surface area contributed by atoms with E-state index in [4.69, 9.17) is 5.11 Å². The molecule has 0 saturated carbocycles. The fraction of sp³-hybridized carbons (Fsp3) is 0.583. The summed E-state index contributed by atoms with van der Waals surface area (Å²) in [7, 11) is 0. The second-order valence-corrected chi connectivity index (χ2v) is 5.73. The van der Waals surface area contributed by atoms with Crippen LogP contribution in [0.1, 0.15) is 35.0 Å². The zero-order valence-corrected chi connectivity index (χ0v) is 10.8. The Morgan fingerprint density at radius 2 is 2.39 bits per heavy atom. The highest BCUT2D eigenvalue weighted by Crippen LogP contribution is 2.32. The lowest BCUT2D eigenvalue weighted by atomic mass is 10.00. The first-order valence-corrected chi connectivity index (χ1v) is 6.68. The summed E-state index contributed by atoms with van der Waals surface area (Å²) in [5.74, 6) is -3.51. The van der Waals surface area contributed by atoms with Crippen LogP contribution in [0.25, 0.3) is 0 Å². The van der Waals surface area contributed by atoms with E-state index in [0.717, 1.165) is 4.88 Å². The average molecular weight is 275 g/mol. The lowest BCUT2D eigenvalue weighted by Crippen LogP contribution is -2.44. The molecule has 3 nitrogen and oxygen atoms in total. The highest BCUT2D eigenvalue weighted by molar-refractivity contribution is 7.10.